The first-order valence-electron chi connectivity index (χ1n) is 8.69. The number of hydrogen-bond donors (Lipinski definition) is 1. The molecule has 1 aromatic heterocycles. The Morgan fingerprint density at radius 1 is 1.22 bits per heavy atom. The normalized spacial score (nSPS) is 23.2. The Morgan fingerprint density at radius 3 is 2.30 bits per heavy atom. The molecule has 134 valence electrons. The molecule has 23 heavy (non-hydrogen) atoms. The minimum atomic E-state index is -2.15. The maximum atomic E-state index is 5.83. The molecule has 0 saturated carbocycles. The predicted molar refractivity (Wildman–Crippen MR) is 95.8 cm³/mol. The maximum Gasteiger partial charge on any atom is 0.370 e. The molecular formula is C17H34N2O3Si. The number of aromatic amines is 1. The van der Waals surface area contributed by atoms with E-state index in [1.807, 2.05) is 13.1 Å². The van der Waals surface area contributed by atoms with Crippen LogP contribution in [0.25, 0.3) is 0 Å². The van der Waals surface area contributed by atoms with E-state index in [9.17, 15) is 0 Å². The number of methoxy groups -OCH3 is 1. The smallest absolute Gasteiger partial charge is 0.370 e. The van der Waals surface area contributed by atoms with Gasteiger partial charge in [-0.2, -0.15) is 0 Å². The van der Waals surface area contributed by atoms with Gasteiger partial charge in [-0.3, -0.25) is 0 Å². The number of rotatable bonds is 6. The zero-order valence-electron chi connectivity index (χ0n) is 15.7. The molecule has 0 aliphatic carbocycles. The first-order valence-corrected chi connectivity index (χ1v) is 10.7. The van der Waals surface area contributed by atoms with Crippen molar-refractivity contribution in [3.63, 3.8) is 0 Å². The van der Waals surface area contributed by atoms with Gasteiger partial charge in [-0.05, 0) is 25.8 Å². The third-order valence-electron chi connectivity index (χ3n) is 4.83. The molecule has 1 aliphatic heterocycles. The fourth-order valence-electron chi connectivity index (χ4n) is 3.57. The molecule has 1 aliphatic rings. The van der Waals surface area contributed by atoms with E-state index in [4.69, 9.17) is 13.6 Å². The van der Waals surface area contributed by atoms with Gasteiger partial charge in [0.1, 0.15) is 11.0 Å². The molecule has 0 bridgehead atoms. The van der Waals surface area contributed by atoms with Gasteiger partial charge in [-0.25, -0.2) is 4.98 Å². The second kappa shape index (κ2) is 9.57. The Hall–Kier alpha value is -0.693. The number of nitrogens with zero attached hydrogens (tertiary/aromatic N) is 1. The van der Waals surface area contributed by atoms with Gasteiger partial charge in [0, 0.05) is 33.9 Å². The lowest BCUT2D eigenvalue weighted by atomic mass is 10.1. The molecule has 0 spiro atoms. The summed E-state index contributed by atoms with van der Waals surface area (Å²) in [5.41, 5.74) is 1.07. The zero-order chi connectivity index (χ0) is 17.3. The van der Waals surface area contributed by atoms with Gasteiger partial charge in [-0.1, -0.05) is 33.1 Å². The van der Waals surface area contributed by atoms with Crippen molar-refractivity contribution in [3.05, 3.63) is 17.7 Å². The van der Waals surface area contributed by atoms with Crippen LogP contribution in [0.3, 0.4) is 0 Å². The maximum absolute atomic E-state index is 5.83. The summed E-state index contributed by atoms with van der Waals surface area (Å²) in [4.78, 5) is 7.22. The van der Waals surface area contributed by atoms with Crippen LogP contribution in [0.4, 0.5) is 0 Å². The number of aryl methyl sites for hydroxylation is 2. The molecule has 1 atom stereocenters. The molecule has 6 heteroatoms. The summed E-state index contributed by atoms with van der Waals surface area (Å²) < 4.78 is 17.4. The van der Waals surface area contributed by atoms with Crippen LogP contribution in [0.15, 0.2) is 6.20 Å². The number of H-pyrrole nitrogens is 1. The minimum absolute atomic E-state index is 0.122. The second-order valence-electron chi connectivity index (χ2n) is 6.16. The first kappa shape index (κ1) is 20.4. The SMILES string of the molecule is CCCC1(OC)CCCC[Si]1(OC)OC.CCc1nc(C)c[nH]1. The number of aromatic nitrogens is 2. The average Bonchev–Trinajstić information content (AvgIpc) is 3.02. The third-order valence-corrected chi connectivity index (χ3v) is 9.25. The zero-order valence-corrected chi connectivity index (χ0v) is 16.7. The molecule has 0 radical (unpaired) electrons. The largest absolute Gasteiger partial charge is 0.396 e. The van der Waals surface area contributed by atoms with E-state index >= 15 is 0 Å². The van der Waals surface area contributed by atoms with Gasteiger partial charge in [0.15, 0.2) is 0 Å². The van der Waals surface area contributed by atoms with E-state index in [0.29, 0.717) is 0 Å². The Bertz CT molecular complexity index is 445. The van der Waals surface area contributed by atoms with E-state index in [1.165, 1.54) is 12.8 Å². The molecule has 1 fully saturated rings. The fraction of sp³-hybridized carbons (Fsp3) is 0.824. The Labute approximate surface area is 142 Å². The molecule has 1 saturated heterocycles. The summed E-state index contributed by atoms with van der Waals surface area (Å²) in [6.07, 6.45) is 8.61. The van der Waals surface area contributed by atoms with E-state index < -0.39 is 8.56 Å². The third kappa shape index (κ3) is 4.65. The summed E-state index contributed by atoms with van der Waals surface area (Å²) in [5, 5.41) is -0.122. The molecule has 0 aromatic carbocycles. The fourth-order valence-corrected chi connectivity index (χ4v) is 7.56. The summed E-state index contributed by atoms with van der Waals surface area (Å²) in [6, 6.07) is 1.06. The highest BCUT2D eigenvalue weighted by molar-refractivity contribution is 6.70. The van der Waals surface area contributed by atoms with Crippen LogP contribution in [0.5, 0.6) is 0 Å². The standard InChI is InChI=1S/C11H24O3Si.C6H10N2/c1-5-8-11(12-2)9-6-7-10-15(11,13-3)14-4;1-3-6-7-4-5(2)8-6/h5-10H2,1-4H3;4H,3H2,1-2H3,(H,7,8). The van der Waals surface area contributed by atoms with E-state index in [1.54, 1.807) is 21.3 Å². The first-order chi connectivity index (χ1) is 11.0. The van der Waals surface area contributed by atoms with Crippen LogP contribution >= 0.6 is 0 Å². The van der Waals surface area contributed by atoms with E-state index in [-0.39, 0.29) is 5.22 Å². The predicted octanol–water partition coefficient (Wildman–Crippen LogP) is 3.91. The van der Waals surface area contributed by atoms with Crippen molar-refractivity contribution in [2.75, 3.05) is 21.3 Å². The van der Waals surface area contributed by atoms with Crippen LogP contribution in [0.1, 0.15) is 57.5 Å². The van der Waals surface area contributed by atoms with Crippen LogP contribution in [0.2, 0.25) is 6.04 Å². The van der Waals surface area contributed by atoms with Crippen LogP contribution in [0, 0.1) is 6.92 Å². The monoisotopic (exact) mass is 342 g/mol. The molecule has 1 aromatic rings. The molecule has 0 amide bonds. The lowest BCUT2D eigenvalue weighted by molar-refractivity contribution is -0.0149. The van der Waals surface area contributed by atoms with Crippen molar-refractivity contribution < 1.29 is 13.6 Å². The second-order valence-corrected chi connectivity index (χ2v) is 9.89. The van der Waals surface area contributed by atoms with Crippen molar-refractivity contribution in [2.45, 2.75) is 70.6 Å². The minimum Gasteiger partial charge on any atom is -0.396 e. The molecule has 5 nitrogen and oxygen atoms in total. The van der Waals surface area contributed by atoms with Crippen molar-refractivity contribution in [1.82, 2.24) is 9.97 Å². The van der Waals surface area contributed by atoms with Crippen LogP contribution in [-0.4, -0.2) is 45.1 Å². The van der Waals surface area contributed by atoms with Gasteiger partial charge < -0.3 is 18.6 Å². The van der Waals surface area contributed by atoms with Gasteiger partial charge >= 0.3 is 8.56 Å². The molecule has 1 N–H and O–H groups in total. The molecule has 1 unspecified atom stereocenters. The van der Waals surface area contributed by atoms with E-state index in [2.05, 4.69) is 23.8 Å². The number of imidazole rings is 1. The van der Waals surface area contributed by atoms with Crippen molar-refractivity contribution in [1.29, 1.82) is 0 Å². The molecule has 2 heterocycles. The number of hydrogen-bond acceptors (Lipinski definition) is 4. The molecule has 2 rings (SSSR count). The topological polar surface area (TPSA) is 56.4 Å². The van der Waals surface area contributed by atoms with Crippen molar-refractivity contribution >= 4 is 8.56 Å². The highest BCUT2D eigenvalue weighted by Gasteiger charge is 2.58. The average molecular weight is 343 g/mol. The summed E-state index contributed by atoms with van der Waals surface area (Å²) >= 11 is 0. The van der Waals surface area contributed by atoms with Gasteiger partial charge in [0.2, 0.25) is 0 Å². The Morgan fingerprint density at radius 2 is 1.91 bits per heavy atom. The lowest BCUT2D eigenvalue weighted by Crippen LogP contribution is -2.64. The summed E-state index contributed by atoms with van der Waals surface area (Å²) in [5.74, 6) is 1.07. The van der Waals surface area contributed by atoms with Crippen molar-refractivity contribution in [2.24, 2.45) is 0 Å². The van der Waals surface area contributed by atoms with Crippen molar-refractivity contribution in [3.8, 4) is 0 Å². The van der Waals surface area contributed by atoms with E-state index in [0.717, 1.165) is 43.2 Å². The van der Waals surface area contributed by atoms with Gasteiger partial charge in [-0.15, -0.1) is 0 Å². The highest BCUT2D eigenvalue weighted by atomic mass is 28.4. The summed E-state index contributed by atoms with van der Waals surface area (Å²) in [6.45, 7) is 6.26. The highest BCUT2D eigenvalue weighted by Crippen LogP contribution is 2.42. The number of nitrogens with one attached hydrogen (secondary N) is 1. The lowest BCUT2D eigenvalue weighted by Gasteiger charge is -2.47. The molecular weight excluding hydrogens is 308 g/mol. The summed E-state index contributed by atoms with van der Waals surface area (Å²) in [7, 11) is 3.22. The Kier molecular flexibility index (Phi) is 8.46. The van der Waals surface area contributed by atoms with Crippen LogP contribution < -0.4 is 0 Å². The number of ether oxygens (including phenoxy) is 1. The van der Waals surface area contributed by atoms with Gasteiger partial charge in [0.25, 0.3) is 0 Å². The quantitative estimate of drug-likeness (QED) is 0.796. The Balaban J connectivity index is 0.000000277. The van der Waals surface area contributed by atoms with Crippen LogP contribution in [-0.2, 0) is 20.0 Å². The van der Waals surface area contributed by atoms with Gasteiger partial charge in [0.05, 0.1) is 5.69 Å².